The predicted octanol–water partition coefficient (Wildman–Crippen LogP) is 2.97. The van der Waals surface area contributed by atoms with Gasteiger partial charge in [-0.05, 0) is 18.2 Å². The van der Waals surface area contributed by atoms with E-state index in [0.717, 1.165) is 0 Å². The summed E-state index contributed by atoms with van der Waals surface area (Å²) in [5.41, 5.74) is -1.41. The second kappa shape index (κ2) is 6.09. The van der Waals surface area contributed by atoms with Gasteiger partial charge in [0.2, 0.25) is 5.88 Å². The van der Waals surface area contributed by atoms with Crippen LogP contribution in [0, 0.1) is 10.1 Å². The second-order valence-corrected chi connectivity index (χ2v) is 5.07. The smallest absolute Gasteiger partial charge is 0.352 e. The van der Waals surface area contributed by atoms with Crippen molar-refractivity contribution in [1.29, 1.82) is 0 Å². The third-order valence-corrected chi connectivity index (χ3v) is 3.27. The number of fused-ring (bicyclic) bond motifs is 1. The standard InChI is InChI=1S/C15H7ClN2O6/c16-9-1-4-13(17-7-9)24-15(20)11-6-8-5-10(18(21)22)2-3-12(8)23-14(11)19/h1-7H. The molecule has 0 radical (unpaired) electrons. The zero-order valence-corrected chi connectivity index (χ0v) is 12.5. The topological polar surface area (TPSA) is 113 Å². The van der Waals surface area contributed by atoms with Crippen molar-refractivity contribution >= 4 is 34.2 Å². The van der Waals surface area contributed by atoms with Gasteiger partial charge >= 0.3 is 11.6 Å². The average molecular weight is 347 g/mol. The van der Waals surface area contributed by atoms with Gasteiger partial charge in [-0.1, -0.05) is 11.6 Å². The van der Waals surface area contributed by atoms with Crippen molar-refractivity contribution in [3.63, 3.8) is 0 Å². The lowest BCUT2D eigenvalue weighted by Gasteiger charge is -2.03. The van der Waals surface area contributed by atoms with Crippen molar-refractivity contribution < 1.29 is 18.9 Å². The number of nitro benzene ring substituents is 1. The summed E-state index contributed by atoms with van der Waals surface area (Å²) in [5, 5.41) is 11.4. The Kier molecular flexibility index (Phi) is 3.97. The Morgan fingerprint density at radius 3 is 2.71 bits per heavy atom. The third kappa shape index (κ3) is 3.08. The monoisotopic (exact) mass is 346 g/mol. The van der Waals surface area contributed by atoms with Crippen LogP contribution in [0.5, 0.6) is 5.88 Å². The number of nitrogens with zero attached hydrogens (tertiary/aromatic N) is 2. The van der Waals surface area contributed by atoms with Gasteiger partial charge in [-0.2, -0.15) is 0 Å². The fourth-order valence-corrected chi connectivity index (χ4v) is 2.05. The minimum atomic E-state index is -0.994. The highest BCUT2D eigenvalue weighted by atomic mass is 35.5. The summed E-state index contributed by atoms with van der Waals surface area (Å²) >= 11 is 5.67. The highest BCUT2D eigenvalue weighted by Gasteiger charge is 2.18. The molecule has 1 aromatic carbocycles. The minimum absolute atomic E-state index is 0.0528. The number of non-ortho nitro benzene ring substituents is 1. The Hall–Kier alpha value is -3.26. The maximum absolute atomic E-state index is 12.1. The van der Waals surface area contributed by atoms with E-state index in [1.165, 1.54) is 42.6 Å². The lowest BCUT2D eigenvalue weighted by Crippen LogP contribution is -2.19. The van der Waals surface area contributed by atoms with Crippen LogP contribution in [0.4, 0.5) is 5.69 Å². The number of aromatic nitrogens is 1. The number of carbonyl (C=O) groups excluding carboxylic acids is 1. The molecule has 3 aromatic rings. The fourth-order valence-electron chi connectivity index (χ4n) is 1.94. The fraction of sp³-hybridized carbons (Fsp3) is 0. The van der Waals surface area contributed by atoms with E-state index in [9.17, 15) is 19.7 Å². The van der Waals surface area contributed by atoms with Crippen LogP contribution in [0.15, 0.2) is 51.8 Å². The minimum Gasteiger partial charge on any atom is -0.422 e. The molecular weight excluding hydrogens is 340 g/mol. The molecule has 120 valence electrons. The van der Waals surface area contributed by atoms with Gasteiger partial charge < -0.3 is 9.15 Å². The molecule has 0 saturated heterocycles. The molecule has 0 aliphatic heterocycles. The largest absolute Gasteiger partial charge is 0.422 e. The summed E-state index contributed by atoms with van der Waals surface area (Å²) in [7, 11) is 0. The predicted molar refractivity (Wildman–Crippen MR) is 83.3 cm³/mol. The number of ether oxygens (including phenoxy) is 1. The molecule has 0 amide bonds. The van der Waals surface area contributed by atoms with Gasteiger partial charge in [0.05, 0.1) is 9.95 Å². The first kappa shape index (κ1) is 15.6. The summed E-state index contributed by atoms with van der Waals surface area (Å²) in [6.45, 7) is 0. The molecule has 0 aliphatic rings. The molecule has 0 saturated carbocycles. The van der Waals surface area contributed by atoms with E-state index >= 15 is 0 Å². The van der Waals surface area contributed by atoms with Crippen LogP contribution >= 0.6 is 11.6 Å². The highest BCUT2D eigenvalue weighted by Crippen LogP contribution is 2.21. The van der Waals surface area contributed by atoms with E-state index in [1.807, 2.05) is 0 Å². The van der Waals surface area contributed by atoms with E-state index in [1.54, 1.807) is 0 Å². The number of hydrogen-bond acceptors (Lipinski definition) is 7. The number of halogens is 1. The maximum Gasteiger partial charge on any atom is 0.352 e. The van der Waals surface area contributed by atoms with E-state index < -0.39 is 22.1 Å². The molecule has 2 aromatic heterocycles. The SMILES string of the molecule is O=C(Oc1ccc(Cl)cn1)c1cc2cc([N+](=O)[O-])ccc2oc1=O. The van der Waals surface area contributed by atoms with Crippen LogP contribution in [-0.2, 0) is 0 Å². The van der Waals surface area contributed by atoms with Gasteiger partial charge in [-0.25, -0.2) is 14.6 Å². The Morgan fingerprint density at radius 2 is 2.04 bits per heavy atom. The molecule has 8 nitrogen and oxygen atoms in total. The molecular formula is C15H7ClN2O6. The number of carbonyl (C=O) groups is 1. The Bertz CT molecular complexity index is 1010. The van der Waals surface area contributed by atoms with Crippen LogP contribution in [0.1, 0.15) is 10.4 Å². The van der Waals surface area contributed by atoms with Crippen LogP contribution in [0.3, 0.4) is 0 Å². The second-order valence-electron chi connectivity index (χ2n) is 4.63. The molecule has 0 unspecified atom stereocenters. The summed E-state index contributed by atoms with van der Waals surface area (Å²) in [6.07, 6.45) is 1.27. The first-order valence-electron chi connectivity index (χ1n) is 6.50. The molecule has 0 atom stereocenters. The highest BCUT2D eigenvalue weighted by molar-refractivity contribution is 6.30. The molecule has 0 fully saturated rings. The van der Waals surface area contributed by atoms with E-state index in [0.29, 0.717) is 5.02 Å². The van der Waals surface area contributed by atoms with Crippen LogP contribution in [0.25, 0.3) is 11.0 Å². The number of benzene rings is 1. The number of hydrogen-bond donors (Lipinski definition) is 0. The summed E-state index contributed by atoms with van der Waals surface area (Å²) in [6, 6.07) is 7.66. The number of pyridine rings is 1. The maximum atomic E-state index is 12.1. The molecule has 0 aliphatic carbocycles. The lowest BCUT2D eigenvalue weighted by molar-refractivity contribution is -0.384. The molecule has 0 bridgehead atoms. The van der Waals surface area contributed by atoms with E-state index in [2.05, 4.69) is 4.98 Å². The Morgan fingerprint density at radius 1 is 1.25 bits per heavy atom. The molecule has 24 heavy (non-hydrogen) atoms. The summed E-state index contributed by atoms with van der Waals surface area (Å²) in [5.74, 6) is -1.05. The van der Waals surface area contributed by atoms with Gasteiger partial charge in [0.1, 0.15) is 11.1 Å². The van der Waals surface area contributed by atoms with Gasteiger partial charge in [0.15, 0.2) is 0 Å². The van der Waals surface area contributed by atoms with E-state index in [-0.39, 0.29) is 22.5 Å². The van der Waals surface area contributed by atoms with Crippen molar-refractivity contribution in [2.75, 3.05) is 0 Å². The van der Waals surface area contributed by atoms with Crippen LogP contribution in [-0.4, -0.2) is 15.9 Å². The summed E-state index contributed by atoms with van der Waals surface area (Å²) < 4.78 is 9.95. The first-order valence-corrected chi connectivity index (χ1v) is 6.88. The van der Waals surface area contributed by atoms with Crippen molar-refractivity contribution in [2.24, 2.45) is 0 Å². The van der Waals surface area contributed by atoms with Crippen molar-refractivity contribution in [2.45, 2.75) is 0 Å². The number of nitro groups is 1. The Labute approximate surface area is 138 Å². The first-order chi connectivity index (χ1) is 11.4. The normalized spacial score (nSPS) is 10.5. The van der Waals surface area contributed by atoms with Gasteiger partial charge in [0.25, 0.3) is 5.69 Å². The van der Waals surface area contributed by atoms with E-state index in [4.69, 9.17) is 20.8 Å². The average Bonchev–Trinajstić information content (AvgIpc) is 2.55. The molecule has 0 spiro atoms. The summed E-state index contributed by atoms with van der Waals surface area (Å²) in [4.78, 5) is 38.0. The third-order valence-electron chi connectivity index (χ3n) is 3.04. The molecule has 9 heteroatoms. The van der Waals surface area contributed by atoms with Gasteiger partial charge in [0, 0.05) is 29.8 Å². The van der Waals surface area contributed by atoms with Crippen molar-refractivity contribution in [3.8, 4) is 5.88 Å². The zero-order valence-electron chi connectivity index (χ0n) is 11.8. The number of esters is 1. The Balaban J connectivity index is 1.99. The quantitative estimate of drug-likeness (QED) is 0.310. The van der Waals surface area contributed by atoms with Crippen LogP contribution in [0.2, 0.25) is 5.02 Å². The van der Waals surface area contributed by atoms with Gasteiger partial charge in [-0.3, -0.25) is 10.1 Å². The number of rotatable bonds is 3. The molecule has 0 N–H and O–H groups in total. The van der Waals surface area contributed by atoms with Crippen molar-refractivity contribution in [3.05, 3.63) is 73.7 Å². The van der Waals surface area contributed by atoms with Gasteiger partial charge in [-0.15, -0.1) is 0 Å². The lowest BCUT2D eigenvalue weighted by atomic mass is 10.1. The zero-order chi connectivity index (χ0) is 17.3. The molecule has 2 heterocycles. The molecule has 3 rings (SSSR count). The van der Waals surface area contributed by atoms with Crippen molar-refractivity contribution in [1.82, 2.24) is 4.98 Å². The van der Waals surface area contributed by atoms with Crippen LogP contribution < -0.4 is 10.4 Å².